The largest absolute Gasteiger partial charge is 3.00 e. The Kier molecular flexibility index (Phi) is 15.3. The van der Waals surface area contributed by atoms with Crippen molar-refractivity contribution in [3.05, 3.63) is 0 Å². The molecule has 11 nitrogen and oxygen atoms in total. The van der Waals surface area contributed by atoms with Gasteiger partial charge in [-0.05, 0) is 0 Å². The third-order valence-corrected chi connectivity index (χ3v) is 4.53. The van der Waals surface area contributed by atoms with Crippen LogP contribution < -0.4 is 15.3 Å². The van der Waals surface area contributed by atoms with Crippen molar-refractivity contribution in [2.75, 3.05) is 78.5 Å². The number of carboxylic acid groups (broad SMARTS) is 3. The smallest absolute Gasteiger partial charge is 0.549 e. The molecule has 1 fully saturated rings. The normalized spacial score (nSPS) is 18.6. The minimum atomic E-state index is -1.26. The second-order valence-electron chi connectivity index (χ2n) is 6.69. The molecule has 1 heterocycles. The minimum Gasteiger partial charge on any atom is -0.549 e. The molecule has 0 aromatic heterocycles. The van der Waals surface area contributed by atoms with Gasteiger partial charge in [0.2, 0.25) is 0 Å². The van der Waals surface area contributed by atoms with Crippen LogP contribution in [-0.2, 0) is 14.4 Å². The molecule has 29 heavy (non-hydrogen) atoms. The topological polar surface area (TPSA) is 157 Å². The van der Waals surface area contributed by atoms with Gasteiger partial charge in [0, 0.05) is 85.0 Å². The minimum absolute atomic E-state index is 0. The van der Waals surface area contributed by atoms with Crippen LogP contribution in [0.25, 0.3) is 0 Å². The van der Waals surface area contributed by atoms with Crippen LogP contribution in [0.4, 0.5) is 0 Å². The molecule has 0 aromatic rings. The van der Waals surface area contributed by atoms with Crippen molar-refractivity contribution in [1.29, 1.82) is 5.26 Å². The van der Waals surface area contributed by atoms with Crippen molar-refractivity contribution in [3.63, 3.8) is 0 Å². The molecule has 0 spiro atoms. The van der Waals surface area contributed by atoms with Crippen LogP contribution in [0.3, 0.4) is 0 Å². The van der Waals surface area contributed by atoms with Crippen molar-refractivity contribution in [2.45, 2.75) is 6.42 Å². The fourth-order valence-electron chi connectivity index (χ4n) is 3.03. The van der Waals surface area contributed by atoms with Gasteiger partial charge in [-0.1, -0.05) is 0 Å². The number of carboxylic acids is 3. The maximum Gasteiger partial charge on any atom is 3.00 e. The van der Waals surface area contributed by atoms with Crippen molar-refractivity contribution >= 4 is 17.9 Å². The summed E-state index contributed by atoms with van der Waals surface area (Å²) < 4.78 is 0. The molecule has 12 heteroatoms. The fourth-order valence-corrected chi connectivity index (χ4v) is 3.03. The van der Waals surface area contributed by atoms with Gasteiger partial charge < -0.3 is 29.7 Å². The monoisotopic (exact) mass is 554 g/mol. The zero-order valence-corrected chi connectivity index (χ0v) is 18.5. The molecule has 0 saturated carbocycles. The summed E-state index contributed by atoms with van der Waals surface area (Å²) >= 11 is 0. The van der Waals surface area contributed by atoms with Gasteiger partial charge in [0.25, 0.3) is 0 Å². The van der Waals surface area contributed by atoms with Crippen LogP contribution in [-0.4, -0.2) is 116 Å². The Bertz CT molecular complexity index is 541. The number of rotatable bonds is 8. The predicted octanol–water partition coefficient (Wildman–Crippen LogP) is -5.63. The first-order chi connectivity index (χ1) is 13.3. The van der Waals surface area contributed by atoms with Gasteiger partial charge in [-0.25, -0.2) is 0 Å². The summed E-state index contributed by atoms with van der Waals surface area (Å²) in [5.41, 5.74) is 0. The first kappa shape index (κ1) is 28.1. The van der Waals surface area contributed by atoms with E-state index in [1.807, 2.05) is 4.90 Å². The summed E-state index contributed by atoms with van der Waals surface area (Å²) in [6.45, 7) is 2.61. The summed E-state index contributed by atoms with van der Waals surface area (Å²) in [5, 5.41) is 41.8. The van der Waals surface area contributed by atoms with E-state index in [0.29, 0.717) is 65.3 Å². The Morgan fingerprint density at radius 3 is 1.17 bits per heavy atom. The molecule has 0 N–H and O–H groups in total. The van der Waals surface area contributed by atoms with Gasteiger partial charge in [-0.2, -0.15) is 5.26 Å². The molecule has 1 aliphatic rings. The predicted molar refractivity (Wildman–Crippen MR) is 91.0 cm³/mol. The van der Waals surface area contributed by atoms with Crippen LogP contribution in [0.2, 0.25) is 0 Å². The Balaban J connectivity index is 0.00000784. The van der Waals surface area contributed by atoms with Crippen LogP contribution >= 0.6 is 0 Å². The first-order valence-corrected chi connectivity index (χ1v) is 9.16. The average Bonchev–Trinajstić information content (AvgIpc) is 2.59. The summed E-state index contributed by atoms with van der Waals surface area (Å²) in [6, 6.07) is 2.07. The quantitative estimate of drug-likeness (QED) is 0.282. The third-order valence-electron chi connectivity index (χ3n) is 4.53. The standard InChI is InChI=1S/C17H29N5O6.Gd/c18-2-1-3-19-4-6-20(12-15(23)24)8-10-22(14-17(27)28)11-9-21(7-5-19)13-16(25)26;/h1,3-14H2,(H,23,24)(H,25,26)(H,27,28);/q;+3/p-3. The third kappa shape index (κ3) is 13.8. The molecule has 1 rings (SSSR count). The van der Waals surface area contributed by atoms with Gasteiger partial charge in [0.05, 0.1) is 24.0 Å². The number of hydrogen-bond donors (Lipinski definition) is 0. The molecule has 163 valence electrons. The number of nitrogens with zero attached hydrogens (tertiary/aromatic N) is 5. The Morgan fingerprint density at radius 1 is 0.655 bits per heavy atom. The van der Waals surface area contributed by atoms with Crippen molar-refractivity contribution < 1.29 is 69.6 Å². The second-order valence-corrected chi connectivity index (χ2v) is 6.69. The summed E-state index contributed by atoms with van der Waals surface area (Å²) in [6.07, 6.45) is 0.306. The molecular formula is C17H26GdN5O6. The Morgan fingerprint density at radius 2 is 0.931 bits per heavy atom. The molecule has 0 bridgehead atoms. The van der Waals surface area contributed by atoms with Crippen LogP contribution in [0.1, 0.15) is 6.42 Å². The molecule has 0 aromatic carbocycles. The fraction of sp³-hybridized carbons (Fsp3) is 0.765. The molecule has 0 unspecified atom stereocenters. The number of carbonyl (C=O) groups excluding carboxylic acids is 3. The molecule has 1 saturated heterocycles. The van der Waals surface area contributed by atoms with E-state index in [1.165, 1.54) is 0 Å². The van der Waals surface area contributed by atoms with Crippen molar-refractivity contribution in [2.24, 2.45) is 0 Å². The number of carbonyl (C=O) groups is 3. The summed E-state index contributed by atoms with van der Waals surface area (Å²) in [7, 11) is 0. The van der Waals surface area contributed by atoms with Gasteiger partial charge in [0.1, 0.15) is 0 Å². The Labute approximate surface area is 202 Å². The van der Waals surface area contributed by atoms with Crippen molar-refractivity contribution in [3.8, 4) is 6.07 Å². The maximum absolute atomic E-state index is 11.0. The van der Waals surface area contributed by atoms with E-state index in [9.17, 15) is 29.7 Å². The van der Waals surface area contributed by atoms with Gasteiger partial charge >= 0.3 is 39.9 Å². The van der Waals surface area contributed by atoms with Crippen LogP contribution in [0, 0.1) is 51.3 Å². The van der Waals surface area contributed by atoms with E-state index < -0.39 is 17.9 Å². The summed E-state index contributed by atoms with van der Waals surface area (Å²) in [5.74, 6) is -3.70. The van der Waals surface area contributed by atoms with E-state index in [4.69, 9.17) is 5.26 Å². The molecular weight excluding hydrogens is 527 g/mol. The van der Waals surface area contributed by atoms with E-state index in [2.05, 4.69) is 6.07 Å². The average molecular weight is 554 g/mol. The maximum atomic E-state index is 11.0. The SMILES string of the molecule is N#CCCN1CCN(CC(=O)[O-])CCN(CC(=O)[O-])CCN(CC(=O)[O-])CC1.[Gd+3]. The van der Waals surface area contributed by atoms with E-state index in [0.717, 1.165) is 0 Å². The van der Waals surface area contributed by atoms with Gasteiger partial charge in [-0.15, -0.1) is 0 Å². The zero-order valence-electron chi connectivity index (χ0n) is 16.2. The van der Waals surface area contributed by atoms with Crippen molar-refractivity contribution in [1.82, 2.24) is 19.6 Å². The van der Waals surface area contributed by atoms with Crippen LogP contribution in [0.5, 0.6) is 0 Å². The number of nitriles is 1. The van der Waals surface area contributed by atoms with E-state index in [1.54, 1.807) is 14.7 Å². The molecule has 0 atom stereocenters. The molecule has 1 aliphatic heterocycles. The Hall–Kier alpha value is -0.935. The van der Waals surface area contributed by atoms with E-state index in [-0.39, 0.29) is 59.6 Å². The van der Waals surface area contributed by atoms with Crippen LogP contribution in [0.15, 0.2) is 0 Å². The first-order valence-electron chi connectivity index (χ1n) is 9.16. The number of hydrogen-bond acceptors (Lipinski definition) is 11. The number of aliphatic carboxylic acids is 3. The summed E-state index contributed by atoms with van der Waals surface area (Å²) in [4.78, 5) is 39.9. The molecule has 1 radical (unpaired) electrons. The second kappa shape index (κ2) is 15.8. The molecule has 0 amide bonds. The van der Waals surface area contributed by atoms with E-state index >= 15 is 0 Å². The van der Waals surface area contributed by atoms with Gasteiger partial charge in [0.15, 0.2) is 0 Å². The molecule has 0 aliphatic carbocycles. The van der Waals surface area contributed by atoms with Gasteiger partial charge in [-0.3, -0.25) is 19.6 Å². The zero-order chi connectivity index (χ0) is 20.9.